The molecule has 1 aromatic rings. The molecule has 1 heterocycles. The van der Waals surface area contributed by atoms with E-state index in [9.17, 15) is 18.4 Å². The van der Waals surface area contributed by atoms with Gasteiger partial charge in [-0.3, -0.25) is 9.59 Å². The summed E-state index contributed by atoms with van der Waals surface area (Å²) in [5.74, 6) is -3.02. The van der Waals surface area contributed by atoms with Crippen LogP contribution >= 0.6 is 12.4 Å². The maximum Gasteiger partial charge on any atom is 0.308 e. The summed E-state index contributed by atoms with van der Waals surface area (Å²) in [5, 5.41) is 8.88. The summed E-state index contributed by atoms with van der Waals surface area (Å²) in [5.41, 5.74) is 0. The van der Waals surface area contributed by atoms with E-state index in [0.29, 0.717) is 19.4 Å². The standard InChI is InChI=1S/C15H17F2NO4.ClH/c16-11-3-4-13(12(17)8-11)22-7-1-2-14(19)18-6-5-10(9-18)15(20)21;/h3-4,8,10H,1-2,5-7,9H2,(H,20,21);1H. The molecule has 0 aliphatic carbocycles. The third-order valence-corrected chi connectivity index (χ3v) is 3.58. The van der Waals surface area contributed by atoms with E-state index in [4.69, 9.17) is 9.84 Å². The summed E-state index contributed by atoms with van der Waals surface area (Å²) in [7, 11) is 0. The van der Waals surface area contributed by atoms with Crippen molar-refractivity contribution < 1.29 is 28.2 Å². The molecule has 1 aliphatic heterocycles. The molecule has 128 valence electrons. The summed E-state index contributed by atoms with van der Waals surface area (Å²) >= 11 is 0. The van der Waals surface area contributed by atoms with Crippen molar-refractivity contribution in [3.05, 3.63) is 29.8 Å². The molecule has 0 radical (unpaired) electrons. The van der Waals surface area contributed by atoms with E-state index < -0.39 is 23.5 Å². The van der Waals surface area contributed by atoms with Gasteiger partial charge in [0.05, 0.1) is 12.5 Å². The molecular formula is C15H18ClF2NO4. The number of hydrogen-bond donors (Lipinski definition) is 1. The lowest BCUT2D eigenvalue weighted by atomic mass is 10.1. The van der Waals surface area contributed by atoms with Crippen LogP contribution in [0.5, 0.6) is 5.75 Å². The quantitative estimate of drug-likeness (QED) is 0.801. The van der Waals surface area contributed by atoms with Crippen molar-refractivity contribution in [2.24, 2.45) is 5.92 Å². The van der Waals surface area contributed by atoms with Gasteiger partial charge < -0.3 is 14.7 Å². The van der Waals surface area contributed by atoms with Gasteiger partial charge in [0, 0.05) is 25.6 Å². The van der Waals surface area contributed by atoms with Crippen LogP contribution in [-0.2, 0) is 9.59 Å². The zero-order valence-electron chi connectivity index (χ0n) is 12.3. The number of benzene rings is 1. The second-order valence-electron chi connectivity index (χ2n) is 5.19. The van der Waals surface area contributed by atoms with Gasteiger partial charge in [-0.15, -0.1) is 12.4 Å². The van der Waals surface area contributed by atoms with Gasteiger partial charge in [-0.1, -0.05) is 0 Å². The van der Waals surface area contributed by atoms with E-state index in [2.05, 4.69) is 0 Å². The topological polar surface area (TPSA) is 66.8 Å². The number of carbonyl (C=O) groups is 2. The van der Waals surface area contributed by atoms with Crippen LogP contribution in [0.2, 0.25) is 0 Å². The highest BCUT2D eigenvalue weighted by Gasteiger charge is 2.30. The molecule has 1 aromatic carbocycles. The Morgan fingerprint density at radius 1 is 1.35 bits per heavy atom. The van der Waals surface area contributed by atoms with Crippen LogP contribution in [0.15, 0.2) is 18.2 Å². The van der Waals surface area contributed by atoms with E-state index in [-0.39, 0.29) is 43.6 Å². The molecule has 1 unspecified atom stereocenters. The van der Waals surface area contributed by atoms with Gasteiger partial charge in [-0.2, -0.15) is 0 Å². The summed E-state index contributed by atoms with van der Waals surface area (Å²) in [6, 6.07) is 3.03. The summed E-state index contributed by atoms with van der Waals surface area (Å²) in [4.78, 5) is 24.2. The Morgan fingerprint density at radius 3 is 2.70 bits per heavy atom. The van der Waals surface area contributed by atoms with Crippen LogP contribution in [0.1, 0.15) is 19.3 Å². The summed E-state index contributed by atoms with van der Waals surface area (Å²) < 4.78 is 31.2. The van der Waals surface area contributed by atoms with Crippen molar-refractivity contribution in [2.75, 3.05) is 19.7 Å². The van der Waals surface area contributed by atoms with Crippen molar-refractivity contribution in [2.45, 2.75) is 19.3 Å². The molecule has 1 N–H and O–H groups in total. The number of nitrogens with zero attached hydrogens (tertiary/aromatic N) is 1. The molecule has 1 atom stereocenters. The van der Waals surface area contributed by atoms with Crippen LogP contribution in [0.3, 0.4) is 0 Å². The molecule has 8 heteroatoms. The SMILES string of the molecule is Cl.O=C(O)C1CCN(C(=O)CCCOc2ccc(F)cc2F)C1. The first-order chi connectivity index (χ1) is 10.5. The number of halogens is 3. The lowest BCUT2D eigenvalue weighted by molar-refractivity contribution is -0.141. The van der Waals surface area contributed by atoms with Gasteiger partial charge in [-0.05, 0) is 25.0 Å². The number of hydrogen-bond acceptors (Lipinski definition) is 3. The van der Waals surface area contributed by atoms with E-state index >= 15 is 0 Å². The number of carbonyl (C=O) groups excluding carboxylic acids is 1. The molecule has 1 saturated heterocycles. The van der Waals surface area contributed by atoms with Crippen molar-refractivity contribution in [3.63, 3.8) is 0 Å². The third-order valence-electron chi connectivity index (χ3n) is 3.58. The first-order valence-electron chi connectivity index (χ1n) is 7.06. The minimum absolute atomic E-state index is 0. The molecule has 0 bridgehead atoms. The fourth-order valence-electron chi connectivity index (χ4n) is 2.34. The highest BCUT2D eigenvalue weighted by atomic mass is 35.5. The number of ether oxygens (including phenoxy) is 1. The number of amides is 1. The van der Waals surface area contributed by atoms with Gasteiger partial charge >= 0.3 is 5.97 Å². The Kier molecular flexibility index (Phi) is 7.22. The Hall–Kier alpha value is -1.89. The maximum atomic E-state index is 13.3. The van der Waals surface area contributed by atoms with Gasteiger partial charge in [0.25, 0.3) is 0 Å². The van der Waals surface area contributed by atoms with Crippen LogP contribution in [0.25, 0.3) is 0 Å². The maximum absolute atomic E-state index is 13.3. The van der Waals surface area contributed by atoms with Gasteiger partial charge in [-0.25, -0.2) is 8.78 Å². The average Bonchev–Trinajstić information content (AvgIpc) is 2.95. The molecule has 0 saturated carbocycles. The highest BCUT2D eigenvalue weighted by Crippen LogP contribution is 2.19. The lowest BCUT2D eigenvalue weighted by Gasteiger charge is -2.15. The molecule has 1 aliphatic rings. The fourth-order valence-corrected chi connectivity index (χ4v) is 2.34. The van der Waals surface area contributed by atoms with Crippen LogP contribution < -0.4 is 4.74 Å². The Balaban J connectivity index is 0.00000264. The molecular weight excluding hydrogens is 332 g/mol. The van der Waals surface area contributed by atoms with E-state index in [0.717, 1.165) is 12.1 Å². The Labute approximate surface area is 138 Å². The number of carboxylic acid groups (broad SMARTS) is 1. The van der Waals surface area contributed by atoms with Gasteiger partial charge in [0.15, 0.2) is 11.6 Å². The fraction of sp³-hybridized carbons (Fsp3) is 0.467. The van der Waals surface area contributed by atoms with Crippen molar-refractivity contribution >= 4 is 24.3 Å². The molecule has 1 fully saturated rings. The minimum atomic E-state index is -0.884. The number of aliphatic carboxylic acids is 1. The predicted octanol–water partition coefficient (Wildman–Crippen LogP) is 2.48. The van der Waals surface area contributed by atoms with Crippen LogP contribution in [0, 0.1) is 17.6 Å². The lowest BCUT2D eigenvalue weighted by Crippen LogP contribution is -2.30. The van der Waals surface area contributed by atoms with E-state index in [1.165, 1.54) is 11.0 Å². The highest BCUT2D eigenvalue weighted by molar-refractivity contribution is 5.85. The van der Waals surface area contributed by atoms with Gasteiger partial charge in [0.2, 0.25) is 5.91 Å². The predicted molar refractivity (Wildman–Crippen MR) is 80.7 cm³/mol. The average molecular weight is 350 g/mol. The summed E-state index contributed by atoms with van der Waals surface area (Å²) in [6.07, 6.45) is 1.05. The molecule has 0 aromatic heterocycles. The first kappa shape index (κ1) is 19.2. The van der Waals surface area contributed by atoms with Crippen molar-refractivity contribution in [1.29, 1.82) is 0 Å². The molecule has 1 amide bonds. The summed E-state index contributed by atoms with van der Waals surface area (Å²) in [6.45, 7) is 0.815. The van der Waals surface area contributed by atoms with E-state index in [1.54, 1.807) is 0 Å². The third kappa shape index (κ3) is 5.35. The molecule has 2 rings (SSSR count). The van der Waals surface area contributed by atoms with E-state index in [1.807, 2.05) is 0 Å². The number of rotatable bonds is 6. The largest absolute Gasteiger partial charge is 0.491 e. The first-order valence-corrected chi connectivity index (χ1v) is 7.06. The number of likely N-dealkylation sites (tertiary alicyclic amines) is 1. The second kappa shape index (κ2) is 8.67. The minimum Gasteiger partial charge on any atom is -0.491 e. The molecule has 0 spiro atoms. The Bertz CT molecular complexity index is 570. The van der Waals surface area contributed by atoms with Crippen molar-refractivity contribution in [1.82, 2.24) is 4.90 Å². The molecule has 5 nitrogen and oxygen atoms in total. The van der Waals surface area contributed by atoms with Gasteiger partial charge in [0.1, 0.15) is 5.82 Å². The monoisotopic (exact) mass is 349 g/mol. The molecule has 23 heavy (non-hydrogen) atoms. The number of carboxylic acids is 1. The van der Waals surface area contributed by atoms with Crippen LogP contribution in [0.4, 0.5) is 8.78 Å². The smallest absolute Gasteiger partial charge is 0.308 e. The normalized spacial score (nSPS) is 16.8. The second-order valence-corrected chi connectivity index (χ2v) is 5.19. The zero-order chi connectivity index (χ0) is 16.1. The van der Waals surface area contributed by atoms with Crippen LogP contribution in [-0.4, -0.2) is 41.6 Å². The van der Waals surface area contributed by atoms with Crippen molar-refractivity contribution in [3.8, 4) is 5.75 Å². The zero-order valence-corrected chi connectivity index (χ0v) is 13.2. The Morgan fingerprint density at radius 2 is 2.09 bits per heavy atom.